The molecule has 70 valence electrons. The van der Waals surface area contributed by atoms with Crippen molar-refractivity contribution in [3.05, 3.63) is 11.8 Å². The van der Waals surface area contributed by atoms with E-state index in [9.17, 15) is 13.6 Å². The minimum atomic E-state index is -1.29. The summed E-state index contributed by atoms with van der Waals surface area (Å²) >= 11 is 0. The van der Waals surface area contributed by atoms with Crippen molar-refractivity contribution < 1.29 is 13.6 Å². The third-order valence-corrected chi connectivity index (χ3v) is 1.53. The van der Waals surface area contributed by atoms with Gasteiger partial charge in [0.2, 0.25) is 11.8 Å². The topological polar surface area (TPSA) is 20.3 Å². The first-order valence-electron chi connectivity index (χ1n) is 3.85. The zero-order valence-electron chi connectivity index (χ0n) is 7.53. The smallest absolute Gasteiger partial charge is 0.229 e. The molecule has 0 aliphatic carbocycles. The Bertz CT molecular complexity index is 197. The minimum absolute atomic E-state index is 0.350. The molecule has 0 saturated carbocycles. The van der Waals surface area contributed by atoms with Crippen LogP contribution in [-0.2, 0) is 4.79 Å². The molecular weight excluding hydrogens is 164 g/mol. The van der Waals surface area contributed by atoms with Gasteiger partial charge in [-0.1, -0.05) is 0 Å². The lowest BCUT2D eigenvalue weighted by Crippen LogP contribution is -2.21. The van der Waals surface area contributed by atoms with Gasteiger partial charge in [0.15, 0.2) is 5.78 Å². The molecule has 0 aliphatic heterocycles. The number of Topliss-reactive ketones (excluding diaryl/α,β-unsaturated/α-hetero) is 1. The summed E-state index contributed by atoms with van der Waals surface area (Å²) in [5.74, 6) is -3.23. The molecule has 2 nitrogen and oxygen atoms in total. The van der Waals surface area contributed by atoms with Crippen LogP contribution in [-0.4, -0.2) is 23.8 Å². The minimum Gasteiger partial charge on any atom is -0.347 e. The van der Waals surface area contributed by atoms with Crippen molar-refractivity contribution in [1.82, 2.24) is 4.90 Å². The van der Waals surface area contributed by atoms with Gasteiger partial charge in [-0.05, 0) is 13.8 Å². The van der Waals surface area contributed by atoms with Crippen LogP contribution in [0.4, 0.5) is 8.78 Å². The Hall–Kier alpha value is -0.930. The summed E-state index contributed by atoms with van der Waals surface area (Å²) in [4.78, 5) is 11.6. The molecule has 0 fully saturated rings. The fourth-order valence-corrected chi connectivity index (χ4v) is 0.785. The van der Waals surface area contributed by atoms with Crippen LogP contribution in [0.5, 0.6) is 0 Å². The summed E-state index contributed by atoms with van der Waals surface area (Å²) in [7, 11) is 0. The first-order valence-corrected chi connectivity index (χ1v) is 3.85. The van der Waals surface area contributed by atoms with E-state index in [1.54, 1.807) is 13.8 Å². The maximum absolute atomic E-state index is 12.9. The lowest BCUT2D eigenvalue weighted by atomic mass is 10.4. The highest BCUT2D eigenvalue weighted by atomic mass is 19.2. The Labute approximate surface area is 70.9 Å². The van der Waals surface area contributed by atoms with Gasteiger partial charge >= 0.3 is 0 Å². The SMILES string of the molecule is CCN(CC)/C(F)=C(/F)C(C)=O. The van der Waals surface area contributed by atoms with Gasteiger partial charge in [-0.25, -0.2) is 0 Å². The summed E-state index contributed by atoms with van der Waals surface area (Å²) in [6, 6.07) is 0. The molecule has 0 aromatic carbocycles. The summed E-state index contributed by atoms with van der Waals surface area (Å²) < 4.78 is 25.6. The molecule has 0 N–H and O–H groups in total. The van der Waals surface area contributed by atoms with Crippen molar-refractivity contribution >= 4 is 5.78 Å². The van der Waals surface area contributed by atoms with Gasteiger partial charge in [0, 0.05) is 20.0 Å². The average Bonchev–Trinajstić information content (AvgIpc) is 2.05. The summed E-state index contributed by atoms with van der Waals surface area (Å²) in [5, 5.41) is 0. The largest absolute Gasteiger partial charge is 0.347 e. The standard InChI is InChI=1S/C8H13F2NO/c1-4-11(5-2)8(10)7(9)6(3)12/h4-5H2,1-3H3/b8-7+. The Kier molecular flexibility index (Phi) is 4.47. The lowest BCUT2D eigenvalue weighted by Gasteiger charge is -2.17. The van der Waals surface area contributed by atoms with Crippen LogP contribution < -0.4 is 0 Å². The van der Waals surface area contributed by atoms with Crippen LogP contribution in [0.15, 0.2) is 11.8 Å². The zero-order valence-corrected chi connectivity index (χ0v) is 7.53. The van der Waals surface area contributed by atoms with E-state index in [0.717, 1.165) is 11.8 Å². The van der Waals surface area contributed by atoms with Crippen molar-refractivity contribution in [3.8, 4) is 0 Å². The maximum atomic E-state index is 12.9. The lowest BCUT2D eigenvalue weighted by molar-refractivity contribution is -0.115. The van der Waals surface area contributed by atoms with E-state index in [-0.39, 0.29) is 0 Å². The molecule has 0 heterocycles. The Morgan fingerprint density at radius 3 is 1.92 bits per heavy atom. The molecule has 0 radical (unpaired) electrons. The molecule has 0 saturated heterocycles. The van der Waals surface area contributed by atoms with Crippen LogP contribution in [0.1, 0.15) is 20.8 Å². The fourth-order valence-electron chi connectivity index (χ4n) is 0.785. The van der Waals surface area contributed by atoms with Crippen LogP contribution in [0, 0.1) is 0 Å². The number of allylic oxidation sites excluding steroid dienone is 1. The van der Waals surface area contributed by atoms with E-state index in [2.05, 4.69) is 0 Å². The highest BCUT2D eigenvalue weighted by Crippen LogP contribution is 2.13. The zero-order chi connectivity index (χ0) is 9.72. The Balaban J connectivity index is 4.62. The monoisotopic (exact) mass is 177 g/mol. The van der Waals surface area contributed by atoms with Crippen molar-refractivity contribution in [1.29, 1.82) is 0 Å². The second-order valence-corrected chi connectivity index (χ2v) is 2.33. The van der Waals surface area contributed by atoms with Crippen molar-refractivity contribution in [2.45, 2.75) is 20.8 Å². The van der Waals surface area contributed by atoms with Gasteiger partial charge < -0.3 is 4.90 Å². The summed E-state index contributed by atoms with van der Waals surface area (Å²) in [6.07, 6.45) is 0. The third-order valence-electron chi connectivity index (χ3n) is 1.53. The average molecular weight is 177 g/mol. The van der Waals surface area contributed by atoms with Crippen LogP contribution in [0.2, 0.25) is 0 Å². The molecule has 0 bridgehead atoms. The van der Waals surface area contributed by atoms with E-state index < -0.39 is 17.6 Å². The van der Waals surface area contributed by atoms with E-state index in [1.165, 1.54) is 0 Å². The Morgan fingerprint density at radius 2 is 1.67 bits per heavy atom. The number of carbonyl (C=O) groups is 1. The second kappa shape index (κ2) is 4.85. The highest BCUT2D eigenvalue weighted by molar-refractivity contribution is 5.91. The molecule has 0 unspecified atom stereocenters. The number of halogens is 2. The van der Waals surface area contributed by atoms with Gasteiger partial charge in [0.25, 0.3) is 0 Å². The molecule has 0 aliphatic rings. The molecule has 0 atom stereocenters. The van der Waals surface area contributed by atoms with Gasteiger partial charge in [0.1, 0.15) is 0 Å². The van der Waals surface area contributed by atoms with Gasteiger partial charge in [0.05, 0.1) is 0 Å². The number of hydrogen-bond acceptors (Lipinski definition) is 2. The molecular formula is C8H13F2NO. The van der Waals surface area contributed by atoms with Crippen molar-refractivity contribution in [2.24, 2.45) is 0 Å². The highest BCUT2D eigenvalue weighted by Gasteiger charge is 2.15. The molecule has 12 heavy (non-hydrogen) atoms. The van der Waals surface area contributed by atoms with Crippen LogP contribution >= 0.6 is 0 Å². The number of rotatable bonds is 4. The van der Waals surface area contributed by atoms with Crippen molar-refractivity contribution in [2.75, 3.05) is 13.1 Å². The van der Waals surface area contributed by atoms with Crippen LogP contribution in [0.25, 0.3) is 0 Å². The quantitative estimate of drug-likeness (QED) is 0.483. The molecule has 0 amide bonds. The van der Waals surface area contributed by atoms with Gasteiger partial charge in [-0.15, -0.1) is 0 Å². The first-order chi connectivity index (χ1) is 5.54. The first kappa shape index (κ1) is 11.1. The Morgan fingerprint density at radius 1 is 1.25 bits per heavy atom. The predicted octanol–water partition coefficient (Wildman–Crippen LogP) is 2.03. The van der Waals surface area contributed by atoms with Crippen molar-refractivity contribution in [3.63, 3.8) is 0 Å². The molecule has 0 rings (SSSR count). The molecule has 0 aromatic heterocycles. The number of nitrogens with zero attached hydrogens (tertiary/aromatic N) is 1. The third kappa shape index (κ3) is 2.60. The normalized spacial score (nSPS) is 12.4. The second-order valence-electron chi connectivity index (χ2n) is 2.33. The van der Waals surface area contributed by atoms with Gasteiger partial charge in [-0.2, -0.15) is 8.78 Å². The van der Waals surface area contributed by atoms with E-state index >= 15 is 0 Å². The molecule has 4 heteroatoms. The molecule has 0 spiro atoms. The summed E-state index contributed by atoms with van der Waals surface area (Å²) in [6.45, 7) is 5.08. The predicted molar refractivity (Wildman–Crippen MR) is 42.8 cm³/mol. The maximum Gasteiger partial charge on any atom is 0.229 e. The van der Waals surface area contributed by atoms with Crippen LogP contribution in [0.3, 0.4) is 0 Å². The number of ketones is 1. The number of carbonyl (C=O) groups excluding carboxylic acids is 1. The summed E-state index contributed by atoms with van der Waals surface area (Å²) in [5.41, 5.74) is 0. The number of hydrogen-bond donors (Lipinski definition) is 0. The fraction of sp³-hybridized carbons (Fsp3) is 0.625. The van der Waals surface area contributed by atoms with E-state index in [0.29, 0.717) is 13.1 Å². The van der Waals surface area contributed by atoms with E-state index in [4.69, 9.17) is 0 Å². The molecule has 0 aromatic rings. The van der Waals surface area contributed by atoms with E-state index in [1.807, 2.05) is 0 Å². The van der Waals surface area contributed by atoms with Gasteiger partial charge in [-0.3, -0.25) is 4.79 Å².